The van der Waals surface area contributed by atoms with Crippen LogP contribution >= 0.6 is 22.6 Å². The molecule has 1 rings (SSSR count). The van der Waals surface area contributed by atoms with Crippen LogP contribution in [0.25, 0.3) is 0 Å². The normalized spacial score (nSPS) is 11.5. The summed E-state index contributed by atoms with van der Waals surface area (Å²) in [4.78, 5) is 6.42. The van der Waals surface area contributed by atoms with E-state index >= 15 is 0 Å². The Morgan fingerprint density at radius 2 is 2.36 bits per heavy atom. The molecule has 0 bridgehead atoms. The van der Waals surface area contributed by atoms with Crippen molar-refractivity contribution in [3.05, 3.63) is 18.7 Å². The molecule has 0 saturated heterocycles. The van der Waals surface area contributed by atoms with E-state index in [2.05, 4.69) is 46.4 Å². The first-order valence-corrected chi connectivity index (χ1v) is 5.32. The summed E-state index contributed by atoms with van der Waals surface area (Å²) >= 11 is 2.41. The Hall–Kier alpha value is -0.0600. The molecule has 2 nitrogen and oxygen atoms in total. The molecule has 1 atom stereocenters. The van der Waals surface area contributed by atoms with E-state index in [1.165, 1.54) is 10.8 Å². The molecule has 0 radical (unpaired) electrons. The molecule has 64 valence electrons. The monoisotopic (exact) mass is 266 g/mol. The van der Waals surface area contributed by atoms with Crippen molar-refractivity contribution in [2.24, 2.45) is 5.92 Å². The van der Waals surface area contributed by atoms with E-state index in [0.717, 1.165) is 5.92 Å². The summed E-state index contributed by atoms with van der Waals surface area (Å²) in [5.41, 5.74) is 0. The van der Waals surface area contributed by atoms with E-state index in [4.69, 9.17) is 0 Å². The molecule has 0 aliphatic rings. The van der Waals surface area contributed by atoms with Gasteiger partial charge in [-0.05, 0) is 5.92 Å². The number of H-pyrrole nitrogens is 1. The molecule has 0 spiro atoms. The number of hydrogen-bond donors (Lipinski definition) is 1. The molecule has 0 aromatic carbocycles. The lowest BCUT2D eigenvalue weighted by atomic mass is 10.2. The first-order valence-electron chi connectivity index (χ1n) is 3.80. The van der Waals surface area contributed by atoms with Crippen molar-refractivity contribution in [3.8, 4) is 0 Å². The van der Waals surface area contributed by atoms with Crippen molar-refractivity contribution in [1.82, 2.24) is 9.97 Å². The minimum absolute atomic E-state index is 0.922. The Balaban J connectivity index is 0.000000183. The molecule has 1 unspecified atom stereocenters. The largest absolute Gasteiger partial charge is 0.351 e. The van der Waals surface area contributed by atoms with Crippen LogP contribution in [0.5, 0.6) is 0 Å². The van der Waals surface area contributed by atoms with Crippen LogP contribution in [0.1, 0.15) is 20.3 Å². The Bertz CT molecular complexity index is 119. The number of nitrogens with zero attached hydrogens (tertiary/aromatic N) is 1. The zero-order valence-corrected chi connectivity index (χ0v) is 9.21. The predicted octanol–water partition coefficient (Wildman–Crippen LogP) is 2.88. The Labute approximate surface area is 82.0 Å². The van der Waals surface area contributed by atoms with Gasteiger partial charge in [-0.2, -0.15) is 0 Å². The average Bonchev–Trinajstić information content (AvgIpc) is 2.60. The first kappa shape index (κ1) is 10.9. The Kier molecular flexibility index (Phi) is 8.00. The van der Waals surface area contributed by atoms with Gasteiger partial charge in [0, 0.05) is 16.8 Å². The molecule has 0 saturated carbocycles. The van der Waals surface area contributed by atoms with Gasteiger partial charge < -0.3 is 4.98 Å². The molecule has 11 heavy (non-hydrogen) atoms. The van der Waals surface area contributed by atoms with Gasteiger partial charge in [-0.1, -0.05) is 42.9 Å². The highest BCUT2D eigenvalue weighted by molar-refractivity contribution is 14.1. The highest BCUT2D eigenvalue weighted by Crippen LogP contribution is 2.02. The summed E-state index contributed by atoms with van der Waals surface area (Å²) in [5.74, 6) is 0.922. The predicted molar refractivity (Wildman–Crippen MR) is 56.9 cm³/mol. The lowest BCUT2D eigenvalue weighted by Gasteiger charge is -1.97. The fraction of sp³-hybridized carbons (Fsp3) is 0.625. The molecule has 0 aliphatic carbocycles. The van der Waals surface area contributed by atoms with Crippen LogP contribution in [0.15, 0.2) is 18.7 Å². The highest BCUT2D eigenvalue weighted by atomic mass is 127. The average molecular weight is 266 g/mol. The maximum Gasteiger partial charge on any atom is 0.0919 e. The lowest BCUT2D eigenvalue weighted by Crippen LogP contribution is -1.89. The molecule has 3 heteroatoms. The maximum atomic E-state index is 3.67. The maximum absolute atomic E-state index is 3.67. The summed E-state index contributed by atoms with van der Waals surface area (Å²) in [7, 11) is 0. The number of rotatable bonds is 2. The van der Waals surface area contributed by atoms with Gasteiger partial charge >= 0.3 is 0 Å². The van der Waals surface area contributed by atoms with Gasteiger partial charge in [0.2, 0.25) is 0 Å². The number of aromatic nitrogens is 2. The number of imidazole rings is 1. The van der Waals surface area contributed by atoms with Crippen LogP contribution < -0.4 is 0 Å². The van der Waals surface area contributed by atoms with Crippen molar-refractivity contribution in [1.29, 1.82) is 0 Å². The highest BCUT2D eigenvalue weighted by Gasteiger charge is 1.90. The minimum Gasteiger partial charge on any atom is -0.351 e. The van der Waals surface area contributed by atoms with E-state index in [1.807, 2.05) is 0 Å². The third-order valence-electron chi connectivity index (χ3n) is 1.37. The zero-order chi connectivity index (χ0) is 8.53. The van der Waals surface area contributed by atoms with Crippen LogP contribution in [0.2, 0.25) is 0 Å². The minimum atomic E-state index is 0.922. The van der Waals surface area contributed by atoms with E-state index in [-0.39, 0.29) is 0 Å². The quantitative estimate of drug-likeness (QED) is 0.647. The van der Waals surface area contributed by atoms with Gasteiger partial charge in [0.1, 0.15) is 0 Å². The molecule has 1 aromatic heterocycles. The van der Waals surface area contributed by atoms with E-state index in [9.17, 15) is 0 Å². The van der Waals surface area contributed by atoms with Crippen molar-refractivity contribution < 1.29 is 0 Å². The molecule has 0 aliphatic heterocycles. The molecular formula is C8H15IN2. The fourth-order valence-electron chi connectivity index (χ4n) is 0.324. The molecule has 1 N–H and O–H groups in total. The standard InChI is InChI=1S/C5H11I.C3H4N2/c1-3-5(2)4-6;1-2-5-3-4-1/h5H,3-4H2,1-2H3;1-3H,(H,4,5). The Morgan fingerprint density at radius 1 is 1.64 bits per heavy atom. The molecule has 1 heterocycles. The molecular weight excluding hydrogens is 251 g/mol. The summed E-state index contributed by atoms with van der Waals surface area (Å²) in [6.45, 7) is 4.50. The molecule has 0 amide bonds. The second-order valence-corrected chi connectivity index (χ2v) is 3.31. The van der Waals surface area contributed by atoms with Gasteiger partial charge in [0.15, 0.2) is 0 Å². The number of hydrogen-bond acceptors (Lipinski definition) is 1. The molecule has 0 fully saturated rings. The van der Waals surface area contributed by atoms with Crippen molar-refractivity contribution >= 4 is 22.6 Å². The van der Waals surface area contributed by atoms with Gasteiger partial charge in [-0.25, -0.2) is 4.98 Å². The molecule has 1 aromatic rings. The smallest absolute Gasteiger partial charge is 0.0919 e. The van der Waals surface area contributed by atoms with Crippen molar-refractivity contribution in [2.75, 3.05) is 4.43 Å². The van der Waals surface area contributed by atoms with Crippen LogP contribution in [0.4, 0.5) is 0 Å². The summed E-state index contributed by atoms with van der Waals surface area (Å²) in [6.07, 6.45) is 6.41. The van der Waals surface area contributed by atoms with Gasteiger partial charge in [0.05, 0.1) is 6.33 Å². The lowest BCUT2D eigenvalue weighted by molar-refractivity contribution is 0.646. The summed E-state index contributed by atoms with van der Waals surface area (Å²) in [6, 6.07) is 0. The SMILES string of the molecule is CCC(C)CI.c1c[nH]cn1. The number of halogens is 1. The topological polar surface area (TPSA) is 28.7 Å². The van der Waals surface area contributed by atoms with Crippen molar-refractivity contribution in [2.45, 2.75) is 20.3 Å². The summed E-state index contributed by atoms with van der Waals surface area (Å²) in [5, 5.41) is 0. The number of aromatic amines is 1. The van der Waals surface area contributed by atoms with E-state index < -0.39 is 0 Å². The van der Waals surface area contributed by atoms with Crippen LogP contribution in [0, 0.1) is 5.92 Å². The summed E-state index contributed by atoms with van der Waals surface area (Å²) < 4.78 is 1.30. The Morgan fingerprint density at radius 3 is 2.45 bits per heavy atom. The fourth-order valence-corrected chi connectivity index (χ4v) is 0.947. The second-order valence-electron chi connectivity index (χ2n) is 2.43. The van der Waals surface area contributed by atoms with Crippen LogP contribution in [-0.2, 0) is 0 Å². The van der Waals surface area contributed by atoms with E-state index in [1.54, 1.807) is 18.7 Å². The van der Waals surface area contributed by atoms with Crippen molar-refractivity contribution in [3.63, 3.8) is 0 Å². The third kappa shape index (κ3) is 7.84. The zero-order valence-electron chi connectivity index (χ0n) is 7.05. The van der Waals surface area contributed by atoms with Crippen LogP contribution in [-0.4, -0.2) is 14.4 Å². The van der Waals surface area contributed by atoms with Crippen LogP contribution in [0.3, 0.4) is 0 Å². The second kappa shape index (κ2) is 8.04. The van der Waals surface area contributed by atoms with Gasteiger partial charge in [0.25, 0.3) is 0 Å². The van der Waals surface area contributed by atoms with Gasteiger partial charge in [-0.3, -0.25) is 0 Å². The van der Waals surface area contributed by atoms with Gasteiger partial charge in [-0.15, -0.1) is 0 Å². The number of alkyl halides is 1. The first-order chi connectivity index (χ1) is 5.31. The third-order valence-corrected chi connectivity index (χ3v) is 2.87. The van der Waals surface area contributed by atoms with E-state index in [0.29, 0.717) is 0 Å². The number of nitrogens with one attached hydrogen (secondary N) is 1.